The van der Waals surface area contributed by atoms with Gasteiger partial charge in [0.1, 0.15) is 17.8 Å². The van der Waals surface area contributed by atoms with Gasteiger partial charge in [-0.15, -0.1) is 0 Å². The lowest BCUT2D eigenvalue weighted by Crippen LogP contribution is -2.35. The largest absolute Gasteiger partial charge is 0.375 e. The van der Waals surface area contributed by atoms with E-state index in [1.807, 2.05) is 6.07 Å². The van der Waals surface area contributed by atoms with Crippen LogP contribution in [0.2, 0.25) is 0 Å². The minimum Gasteiger partial charge on any atom is -0.375 e. The van der Waals surface area contributed by atoms with Gasteiger partial charge in [0.05, 0.1) is 9.82 Å². The fourth-order valence-electron chi connectivity index (χ4n) is 3.53. The Morgan fingerprint density at radius 1 is 1.10 bits per heavy atom. The molecule has 31 heavy (non-hydrogen) atoms. The molecule has 0 aliphatic carbocycles. The molecule has 4 rings (SSSR count). The SMILES string of the molecule is O=[N+]([O-])c1cc(S(=O)(=O)N2CCCCC2)ccc1NCc1ccnc(-n2ccnc2)c1. The zero-order valence-electron chi connectivity index (χ0n) is 16.7. The van der Waals surface area contributed by atoms with Crippen molar-refractivity contribution in [3.8, 4) is 5.82 Å². The van der Waals surface area contributed by atoms with E-state index in [0.717, 1.165) is 30.9 Å². The zero-order chi connectivity index (χ0) is 21.8. The van der Waals surface area contributed by atoms with E-state index in [4.69, 9.17) is 0 Å². The molecule has 0 spiro atoms. The number of piperidine rings is 1. The van der Waals surface area contributed by atoms with E-state index in [1.165, 1.54) is 16.4 Å². The lowest BCUT2D eigenvalue weighted by Gasteiger charge is -2.25. The van der Waals surface area contributed by atoms with Crippen LogP contribution < -0.4 is 5.32 Å². The highest BCUT2D eigenvalue weighted by Gasteiger charge is 2.28. The fourth-order valence-corrected chi connectivity index (χ4v) is 5.07. The van der Waals surface area contributed by atoms with Gasteiger partial charge in [0.15, 0.2) is 0 Å². The number of sulfonamides is 1. The summed E-state index contributed by atoms with van der Waals surface area (Å²) in [6.07, 6.45) is 9.29. The van der Waals surface area contributed by atoms with E-state index >= 15 is 0 Å². The summed E-state index contributed by atoms with van der Waals surface area (Å²) < 4.78 is 28.9. The number of imidazole rings is 1. The van der Waals surface area contributed by atoms with Crippen molar-refractivity contribution in [2.24, 2.45) is 0 Å². The number of nitrogens with zero attached hydrogens (tertiary/aromatic N) is 5. The predicted molar refractivity (Wildman–Crippen MR) is 114 cm³/mol. The third-order valence-electron chi connectivity index (χ3n) is 5.18. The Bertz CT molecular complexity index is 1170. The standard InChI is InChI=1S/C20H22N6O4S/c27-26(28)19-13-17(31(29,30)25-9-2-1-3-10-25)4-5-18(19)23-14-16-6-7-22-20(12-16)24-11-8-21-15-24/h4-8,11-13,15,23H,1-3,9-10,14H2. The number of pyridine rings is 1. The Morgan fingerprint density at radius 2 is 1.90 bits per heavy atom. The van der Waals surface area contributed by atoms with Crippen LogP contribution in [-0.2, 0) is 16.6 Å². The quantitative estimate of drug-likeness (QED) is 0.441. The van der Waals surface area contributed by atoms with Crippen LogP contribution in [0.25, 0.3) is 5.82 Å². The Balaban J connectivity index is 1.55. The first-order valence-corrected chi connectivity index (χ1v) is 11.3. The number of nitrogens with one attached hydrogen (secondary N) is 1. The minimum absolute atomic E-state index is 0.0574. The molecule has 162 valence electrons. The highest BCUT2D eigenvalue weighted by Crippen LogP contribution is 2.30. The molecule has 2 aromatic heterocycles. The Hall–Kier alpha value is -3.31. The molecule has 0 unspecified atom stereocenters. The molecule has 1 fully saturated rings. The molecule has 0 radical (unpaired) electrons. The van der Waals surface area contributed by atoms with Gasteiger partial charge >= 0.3 is 0 Å². The summed E-state index contributed by atoms with van der Waals surface area (Å²) in [6.45, 7) is 1.19. The topological polar surface area (TPSA) is 123 Å². The maximum Gasteiger partial charge on any atom is 0.293 e. The Kier molecular flexibility index (Phi) is 5.96. The number of aromatic nitrogens is 3. The monoisotopic (exact) mass is 442 g/mol. The van der Waals surface area contributed by atoms with Crippen LogP contribution in [0.15, 0.2) is 60.1 Å². The fraction of sp³-hybridized carbons (Fsp3) is 0.300. The van der Waals surface area contributed by atoms with Crippen molar-refractivity contribution in [2.75, 3.05) is 18.4 Å². The van der Waals surface area contributed by atoms with Gasteiger partial charge in [0, 0.05) is 44.3 Å². The average Bonchev–Trinajstić information content (AvgIpc) is 3.33. The smallest absolute Gasteiger partial charge is 0.293 e. The molecule has 0 saturated carbocycles. The van der Waals surface area contributed by atoms with E-state index in [9.17, 15) is 18.5 Å². The van der Waals surface area contributed by atoms with Crippen molar-refractivity contribution in [3.63, 3.8) is 0 Å². The summed E-state index contributed by atoms with van der Waals surface area (Å²) in [7, 11) is -3.75. The van der Waals surface area contributed by atoms with Crippen molar-refractivity contribution in [1.82, 2.24) is 18.8 Å². The van der Waals surface area contributed by atoms with Crippen LogP contribution in [0, 0.1) is 10.1 Å². The highest BCUT2D eigenvalue weighted by molar-refractivity contribution is 7.89. The summed E-state index contributed by atoms with van der Waals surface area (Å²) >= 11 is 0. The number of nitro groups is 1. The van der Waals surface area contributed by atoms with Crippen LogP contribution in [0.1, 0.15) is 24.8 Å². The van der Waals surface area contributed by atoms with Gasteiger partial charge in [-0.1, -0.05) is 6.42 Å². The summed E-state index contributed by atoms with van der Waals surface area (Å²) in [5, 5.41) is 14.7. The molecule has 0 amide bonds. The van der Waals surface area contributed by atoms with E-state index < -0.39 is 14.9 Å². The number of benzene rings is 1. The summed E-state index contributed by atoms with van der Waals surface area (Å²) in [5.41, 5.74) is 0.837. The van der Waals surface area contributed by atoms with E-state index in [1.54, 1.807) is 35.6 Å². The summed E-state index contributed by atoms with van der Waals surface area (Å²) in [6, 6.07) is 7.65. The summed E-state index contributed by atoms with van der Waals surface area (Å²) in [5.74, 6) is 0.675. The lowest BCUT2D eigenvalue weighted by molar-refractivity contribution is -0.384. The predicted octanol–water partition coefficient (Wildman–Crippen LogP) is 2.96. The second-order valence-electron chi connectivity index (χ2n) is 7.25. The van der Waals surface area contributed by atoms with Gasteiger partial charge in [-0.25, -0.2) is 18.4 Å². The first-order valence-electron chi connectivity index (χ1n) is 9.91. The third-order valence-corrected chi connectivity index (χ3v) is 7.08. The van der Waals surface area contributed by atoms with Gasteiger partial charge in [-0.2, -0.15) is 4.31 Å². The average molecular weight is 443 g/mol. The molecule has 3 aromatic rings. The molecule has 1 aliphatic heterocycles. The molecule has 1 saturated heterocycles. The van der Waals surface area contributed by atoms with Crippen molar-refractivity contribution in [2.45, 2.75) is 30.7 Å². The van der Waals surface area contributed by atoms with Gasteiger partial charge in [0.2, 0.25) is 10.0 Å². The number of hydrogen-bond acceptors (Lipinski definition) is 7. The molecular weight excluding hydrogens is 420 g/mol. The molecule has 1 aromatic carbocycles. The van der Waals surface area contributed by atoms with Crippen LogP contribution in [0.3, 0.4) is 0 Å². The Morgan fingerprint density at radius 3 is 2.61 bits per heavy atom. The van der Waals surface area contributed by atoms with E-state index in [0.29, 0.717) is 25.5 Å². The van der Waals surface area contributed by atoms with Crippen LogP contribution in [-0.4, -0.2) is 45.3 Å². The minimum atomic E-state index is -3.75. The molecule has 1 N–H and O–H groups in total. The molecule has 0 atom stereocenters. The highest BCUT2D eigenvalue weighted by atomic mass is 32.2. The summed E-state index contributed by atoms with van der Waals surface area (Å²) in [4.78, 5) is 19.3. The van der Waals surface area contributed by atoms with Crippen LogP contribution in [0.4, 0.5) is 11.4 Å². The maximum atomic E-state index is 12.9. The van der Waals surface area contributed by atoms with Gasteiger partial charge < -0.3 is 5.32 Å². The molecule has 10 nitrogen and oxygen atoms in total. The number of rotatable bonds is 7. The van der Waals surface area contributed by atoms with E-state index in [-0.39, 0.29) is 16.3 Å². The number of nitro benzene ring substituents is 1. The number of hydrogen-bond donors (Lipinski definition) is 1. The van der Waals surface area contributed by atoms with Gasteiger partial charge in [-0.05, 0) is 42.7 Å². The second kappa shape index (κ2) is 8.82. The zero-order valence-corrected chi connectivity index (χ0v) is 17.5. The molecule has 11 heteroatoms. The van der Waals surface area contributed by atoms with Gasteiger partial charge in [0.25, 0.3) is 5.69 Å². The maximum absolute atomic E-state index is 12.9. The van der Waals surface area contributed by atoms with Crippen molar-refractivity contribution in [1.29, 1.82) is 0 Å². The second-order valence-corrected chi connectivity index (χ2v) is 9.18. The first-order chi connectivity index (χ1) is 14.9. The molecule has 3 heterocycles. The lowest BCUT2D eigenvalue weighted by atomic mass is 10.2. The van der Waals surface area contributed by atoms with E-state index in [2.05, 4.69) is 15.3 Å². The molecule has 0 bridgehead atoms. The Labute approximate surface area is 179 Å². The van der Waals surface area contributed by atoms with Crippen LogP contribution >= 0.6 is 0 Å². The number of anilines is 1. The van der Waals surface area contributed by atoms with Gasteiger partial charge in [-0.3, -0.25) is 14.7 Å². The van der Waals surface area contributed by atoms with Crippen molar-refractivity contribution in [3.05, 3.63) is 70.9 Å². The van der Waals surface area contributed by atoms with Crippen molar-refractivity contribution >= 4 is 21.4 Å². The first kappa shape index (κ1) is 20.9. The molecular formula is C20H22N6O4S. The molecule has 1 aliphatic rings. The normalized spacial score (nSPS) is 15.0. The van der Waals surface area contributed by atoms with Crippen molar-refractivity contribution < 1.29 is 13.3 Å². The third kappa shape index (κ3) is 4.57. The van der Waals surface area contributed by atoms with Crippen LogP contribution in [0.5, 0.6) is 0 Å².